The van der Waals surface area contributed by atoms with E-state index in [1.165, 1.54) is 11.1 Å². The summed E-state index contributed by atoms with van der Waals surface area (Å²) in [4.78, 5) is 0. The van der Waals surface area contributed by atoms with Gasteiger partial charge in [0.25, 0.3) is 0 Å². The second-order valence-electron chi connectivity index (χ2n) is 5.11. The Hall–Kier alpha value is -1.80. The van der Waals surface area contributed by atoms with Crippen LogP contribution in [-0.4, -0.2) is 6.54 Å². The summed E-state index contributed by atoms with van der Waals surface area (Å²) in [5, 5.41) is 0. The van der Waals surface area contributed by atoms with Crippen LogP contribution in [0.1, 0.15) is 36.5 Å². The van der Waals surface area contributed by atoms with Crippen LogP contribution in [0.5, 0.6) is 5.75 Å². The third kappa shape index (κ3) is 4.39. The predicted octanol–water partition coefficient (Wildman–Crippen LogP) is 4.24. The smallest absolute Gasteiger partial charge is 0.124 e. The summed E-state index contributed by atoms with van der Waals surface area (Å²) in [5.41, 5.74) is 8.06. The lowest BCUT2D eigenvalue weighted by atomic mass is 10.0. The minimum atomic E-state index is 0.102. The van der Waals surface area contributed by atoms with Crippen molar-refractivity contribution in [3.63, 3.8) is 0 Å². The molecular weight excluding hydrogens is 246 g/mol. The van der Waals surface area contributed by atoms with Crippen LogP contribution in [0.15, 0.2) is 54.6 Å². The van der Waals surface area contributed by atoms with Gasteiger partial charge in [0.05, 0.1) is 0 Å². The summed E-state index contributed by atoms with van der Waals surface area (Å²) in [6.07, 6.45) is 3.22. The maximum atomic E-state index is 6.16. The molecule has 0 aliphatic heterocycles. The van der Waals surface area contributed by atoms with Crippen LogP contribution >= 0.6 is 0 Å². The molecule has 0 saturated heterocycles. The SMILES string of the molecule is Cc1ccc(O[C@@H](CCCCN)c2ccccc2)cc1. The van der Waals surface area contributed by atoms with E-state index in [0.717, 1.165) is 31.6 Å². The van der Waals surface area contributed by atoms with Gasteiger partial charge in [-0.15, -0.1) is 0 Å². The number of hydrogen-bond acceptors (Lipinski definition) is 2. The van der Waals surface area contributed by atoms with Crippen molar-refractivity contribution in [1.82, 2.24) is 0 Å². The van der Waals surface area contributed by atoms with Gasteiger partial charge in [-0.3, -0.25) is 0 Å². The molecule has 0 fully saturated rings. The van der Waals surface area contributed by atoms with Crippen molar-refractivity contribution in [3.05, 3.63) is 65.7 Å². The van der Waals surface area contributed by atoms with Crippen molar-refractivity contribution in [2.75, 3.05) is 6.54 Å². The van der Waals surface area contributed by atoms with Gasteiger partial charge >= 0.3 is 0 Å². The molecule has 0 saturated carbocycles. The van der Waals surface area contributed by atoms with Crippen molar-refractivity contribution in [2.24, 2.45) is 5.73 Å². The highest BCUT2D eigenvalue weighted by atomic mass is 16.5. The summed E-state index contributed by atoms with van der Waals surface area (Å²) < 4.78 is 6.16. The van der Waals surface area contributed by atoms with E-state index in [9.17, 15) is 0 Å². The van der Waals surface area contributed by atoms with Crippen molar-refractivity contribution < 1.29 is 4.74 Å². The van der Waals surface area contributed by atoms with E-state index in [-0.39, 0.29) is 6.10 Å². The second-order valence-corrected chi connectivity index (χ2v) is 5.11. The summed E-state index contributed by atoms with van der Waals surface area (Å²) in [6, 6.07) is 18.6. The molecule has 0 amide bonds. The molecule has 2 rings (SSSR count). The quantitative estimate of drug-likeness (QED) is 0.763. The largest absolute Gasteiger partial charge is 0.486 e. The molecule has 0 spiro atoms. The fourth-order valence-electron chi connectivity index (χ4n) is 2.22. The van der Waals surface area contributed by atoms with Gasteiger partial charge in [0.2, 0.25) is 0 Å². The number of aryl methyl sites for hydroxylation is 1. The van der Waals surface area contributed by atoms with Crippen LogP contribution in [0.3, 0.4) is 0 Å². The molecule has 0 unspecified atom stereocenters. The monoisotopic (exact) mass is 269 g/mol. The zero-order valence-corrected chi connectivity index (χ0v) is 12.1. The first-order valence-electron chi connectivity index (χ1n) is 7.28. The fraction of sp³-hybridized carbons (Fsp3) is 0.333. The zero-order chi connectivity index (χ0) is 14.2. The summed E-state index contributed by atoms with van der Waals surface area (Å²) in [6.45, 7) is 2.83. The van der Waals surface area contributed by atoms with E-state index < -0.39 is 0 Å². The highest BCUT2D eigenvalue weighted by Crippen LogP contribution is 2.26. The van der Waals surface area contributed by atoms with Gasteiger partial charge < -0.3 is 10.5 Å². The number of ether oxygens (including phenoxy) is 1. The third-order valence-corrected chi connectivity index (χ3v) is 3.39. The van der Waals surface area contributed by atoms with Gasteiger partial charge in [-0.25, -0.2) is 0 Å². The van der Waals surface area contributed by atoms with Gasteiger partial charge in [-0.05, 0) is 50.4 Å². The van der Waals surface area contributed by atoms with E-state index in [1.807, 2.05) is 18.2 Å². The molecule has 20 heavy (non-hydrogen) atoms. The van der Waals surface area contributed by atoms with Crippen molar-refractivity contribution >= 4 is 0 Å². The number of benzene rings is 2. The van der Waals surface area contributed by atoms with Gasteiger partial charge in [0.1, 0.15) is 11.9 Å². The molecule has 106 valence electrons. The molecule has 0 bridgehead atoms. The highest BCUT2D eigenvalue weighted by Gasteiger charge is 2.12. The Morgan fingerprint density at radius 3 is 2.30 bits per heavy atom. The molecule has 1 atom stereocenters. The minimum Gasteiger partial charge on any atom is -0.486 e. The summed E-state index contributed by atoms with van der Waals surface area (Å²) in [7, 11) is 0. The average molecular weight is 269 g/mol. The maximum Gasteiger partial charge on any atom is 0.124 e. The Morgan fingerprint density at radius 1 is 0.950 bits per heavy atom. The van der Waals surface area contributed by atoms with Gasteiger partial charge in [-0.1, -0.05) is 48.0 Å². The molecule has 0 aliphatic rings. The fourth-order valence-corrected chi connectivity index (χ4v) is 2.22. The lowest BCUT2D eigenvalue weighted by Gasteiger charge is -2.19. The summed E-state index contributed by atoms with van der Waals surface area (Å²) in [5.74, 6) is 0.928. The molecule has 2 aromatic rings. The Balaban J connectivity index is 2.07. The van der Waals surface area contributed by atoms with Crippen LogP contribution in [-0.2, 0) is 0 Å². The van der Waals surface area contributed by atoms with Crippen LogP contribution in [0, 0.1) is 6.92 Å². The predicted molar refractivity (Wildman–Crippen MR) is 83.9 cm³/mol. The van der Waals surface area contributed by atoms with E-state index >= 15 is 0 Å². The Bertz CT molecular complexity index is 493. The van der Waals surface area contributed by atoms with E-state index in [2.05, 4.69) is 43.3 Å². The molecule has 2 heteroatoms. The normalized spacial score (nSPS) is 12.1. The first-order chi connectivity index (χ1) is 9.79. The van der Waals surface area contributed by atoms with E-state index in [0.29, 0.717) is 0 Å². The van der Waals surface area contributed by atoms with Crippen molar-refractivity contribution in [1.29, 1.82) is 0 Å². The topological polar surface area (TPSA) is 35.2 Å². The van der Waals surface area contributed by atoms with Gasteiger partial charge in [-0.2, -0.15) is 0 Å². The molecule has 2 nitrogen and oxygen atoms in total. The molecule has 0 radical (unpaired) electrons. The van der Waals surface area contributed by atoms with Crippen LogP contribution in [0.2, 0.25) is 0 Å². The Morgan fingerprint density at radius 2 is 1.65 bits per heavy atom. The number of rotatable bonds is 7. The molecular formula is C18H23NO. The Labute approximate surface area is 121 Å². The number of nitrogens with two attached hydrogens (primary N) is 1. The number of unbranched alkanes of at least 4 members (excludes halogenated alkanes) is 1. The van der Waals surface area contributed by atoms with Gasteiger partial charge in [0, 0.05) is 0 Å². The summed E-state index contributed by atoms with van der Waals surface area (Å²) >= 11 is 0. The van der Waals surface area contributed by atoms with Crippen LogP contribution in [0.25, 0.3) is 0 Å². The average Bonchev–Trinajstić information content (AvgIpc) is 2.49. The first-order valence-corrected chi connectivity index (χ1v) is 7.28. The minimum absolute atomic E-state index is 0.102. The molecule has 0 heterocycles. The highest BCUT2D eigenvalue weighted by molar-refractivity contribution is 5.28. The Kier molecular flexibility index (Phi) is 5.63. The standard InChI is InChI=1S/C18H23NO/c1-15-10-12-17(13-11-15)20-18(9-5-6-14-19)16-7-3-2-4-8-16/h2-4,7-8,10-13,18H,5-6,9,14,19H2,1H3/t18-/m0/s1. The van der Waals surface area contributed by atoms with E-state index in [4.69, 9.17) is 10.5 Å². The number of hydrogen-bond donors (Lipinski definition) is 1. The lowest BCUT2D eigenvalue weighted by Crippen LogP contribution is -2.09. The van der Waals surface area contributed by atoms with Crippen LogP contribution < -0.4 is 10.5 Å². The molecule has 2 N–H and O–H groups in total. The first kappa shape index (κ1) is 14.6. The lowest BCUT2D eigenvalue weighted by molar-refractivity contribution is 0.191. The van der Waals surface area contributed by atoms with Crippen LogP contribution in [0.4, 0.5) is 0 Å². The van der Waals surface area contributed by atoms with Gasteiger partial charge in [0.15, 0.2) is 0 Å². The molecule has 0 aliphatic carbocycles. The molecule has 2 aromatic carbocycles. The third-order valence-electron chi connectivity index (χ3n) is 3.39. The zero-order valence-electron chi connectivity index (χ0n) is 12.1. The molecule has 0 aromatic heterocycles. The second kappa shape index (κ2) is 7.71. The maximum absolute atomic E-state index is 6.16. The van der Waals surface area contributed by atoms with Crippen molar-refractivity contribution in [3.8, 4) is 5.75 Å². The van der Waals surface area contributed by atoms with Crippen molar-refractivity contribution in [2.45, 2.75) is 32.3 Å². The van der Waals surface area contributed by atoms with E-state index in [1.54, 1.807) is 0 Å².